The molecule has 0 heterocycles. The van der Waals surface area contributed by atoms with Gasteiger partial charge in [-0.2, -0.15) is 5.10 Å². The van der Waals surface area contributed by atoms with Gasteiger partial charge in [0.1, 0.15) is 5.82 Å². The van der Waals surface area contributed by atoms with Crippen LogP contribution in [0.3, 0.4) is 0 Å². The average Bonchev–Trinajstić information content (AvgIpc) is 1.83. The summed E-state index contributed by atoms with van der Waals surface area (Å²) in [4.78, 5) is 0. The van der Waals surface area contributed by atoms with E-state index < -0.39 is 0 Å². The van der Waals surface area contributed by atoms with Crippen molar-refractivity contribution in [2.24, 2.45) is 5.10 Å². The Hall–Kier alpha value is -0.990. The van der Waals surface area contributed by atoms with E-state index >= 15 is 0 Å². The van der Waals surface area contributed by atoms with Gasteiger partial charge in [0.05, 0.1) is 0 Å². The zero-order valence-corrected chi connectivity index (χ0v) is 5.23. The smallest absolute Gasteiger partial charge is 0.112 e. The quantitative estimate of drug-likeness (QED) is 0.407. The first kappa shape index (κ1) is 7.01. The first-order valence-corrected chi connectivity index (χ1v) is 2.41. The van der Waals surface area contributed by atoms with Crippen molar-refractivity contribution in [3.8, 4) is 0 Å². The van der Waals surface area contributed by atoms with Gasteiger partial charge in [-0.3, -0.25) is 5.43 Å². The van der Waals surface area contributed by atoms with E-state index in [4.69, 9.17) is 0 Å². The minimum Gasteiger partial charge on any atom is -0.374 e. The first-order chi connectivity index (χ1) is 3.81. The van der Waals surface area contributed by atoms with Crippen LogP contribution in [0.25, 0.3) is 0 Å². The highest BCUT2D eigenvalue weighted by Crippen LogP contribution is 1.69. The molecule has 0 aliphatic carbocycles. The molecular weight excluding hydrogens is 102 g/mol. The van der Waals surface area contributed by atoms with Gasteiger partial charge in [0.15, 0.2) is 0 Å². The third kappa shape index (κ3) is 3.21. The second-order valence-electron chi connectivity index (χ2n) is 1.23. The number of hydrazone groups is 1. The van der Waals surface area contributed by atoms with Crippen LogP contribution in [0, 0.1) is 0 Å². The molecule has 0 radical (unpaired) electrons. The molecule has 2 N–H and O–H groups in total. The normalized spacial score (nSPS) is 9.25. The van der Waals surface area contributed by atoms with Crippen LogP contribution in [-0.4, -0.2) is 13.3 Å². The summed E-state index contributed by atoms with van der Waals surface area (Å²) in [7, 11) is 1.78. The van der Waals surface area contributed by atoms with E-state index in [1.54, 1.807) is 13.3 Å². The molecule has 0 atom stereocenters. The van der Waals surface area contributed by atoms with Crippen LogP contribution in [0.15, 0.2) is 17.5 Å². The van der Waals surface area contributed by atoms with Crippen molar-refractivity contribution >= 4 is 6.21 Å². The summed E-state index contributed by atoms with van der Waals surface area (Å²) in [5.41, 5.74) is 2.65. The number of hydrogen-bond donors (Lipinski definition) is 2. The monoisotopic (exact) mass is 113 g/mol. The van der Waals surface area contributed by atoms with Gasteiger partial charge in [0.25, 0.3) is 0 Å². The second kappa shape index (κ2) is 4.18. The largest absolute Gasteiger partial charge is 0.374 e. The third-order valence-corrected chi connectivity index (χ3v) is 0.630. The Kier molecular flexibility index (Phi) is 3.66. The first-order valence-electron chi connectivity index (χ1n) is 2.41. The highest BCUT2D eigenvalue weighted by molar-refractivity contribution is 5.52. The average molecular weight is 113 g/mol. The van der Waals surface area contributed by atoms with Gasteiger partial charge in [-0.25, -0.2) is 0 Å². The van der Waals surface area contributed by atoms with Crippen molar-refractivity contribution in [3.05, 3.63) is 12.4 Å². The van der Waals surface area contributed by atoms with Crippen LogP contribution < -0.4 is 10.7 Å². The summed E-state index contributed by atoms with van der Waals surface area (Å²) < 4.78 is 0. The number of hydrogen-bond acceptors (Lipinski definition) is 3. The summed E-state index contributed by atoms with van der Waals surface area (Å²) in [6.45, 7) is 5.40. The Morgan fingerprint density at radius 3 is 2.75 bits per heavy atom. The van der Waals surface area contributed by atoms with Crippen molar-refractivity contribution < 1.29 is 0 Å². The molecule has 0 aromatic carbocycles. The predicted molar refractivity (Wildman–Crippen MR) is 35.5 cm³/mol. The van der Waals surface area contributed by atoms with Gasteiger partial charge in [-0.05, 0) is 6.92 Å². The molecule has 3 heteroatoms. The fraction of sp³-hybridized carbons (Fsp3) is 0.400. The van der Waals surface area contributed by atoms with E-state index in [1.165, 1.54) is 0 Å². The zero-order valence-electron chi connectivity index (χ0n) is 5.23. The molecule has 0 aromatic rings. The SMILES string of the molecule is C=C(NC)N/N=C/C. The van der Waals surface area contributed by atoms with Gasteiger partial charge in [0, 0.05) is 13.3 Å². The van der Waals surface area contributed by atoms with E-state index in [0.29, 0.717) is 5.82 Å². The Bertz CT molecular complexity index is 95.8. The van der Waals surface area contributed by atoms with Crippen molar-refractivity contribution in [1.82, 2.24) is 10.7 Å². The topological polar surface area (TPSA) is 36.4 Å². The molecule has 0 rings (SSSR count). The van der Waals surface area contributed by atoms with Crippen LogP contribution >= 0.6 is 0 Å². The van der Waals surface area contributed by atoms with E-state index in [9.17, 15) is 0 Å². The molecule has 3 nitrogen and oxygen atoms in total. The van der Waals surface area contributed by atoms with Crippen LogP contribution in [-0.2, 0) is 0 Å². The number of rotatable bonds is 3. The fourth-order valence-corrected chi connectivity index (χ4v) is 0.198. The summed E-state index contributed by atoms with van der Waals surface area (Å²) in [5, 5.41) is 6.49. The lowest BCUT2D eigenvalue weighted by atomic mass is 10.8. The predicted octanol–water partition coefficient (Wildman–Crippen LogP) is 0.272. The minimum atomic E-state index is 0.697. The minimum absolute atomic E-state index is 0.697. The summed E-state index contributed by atoms with van der Waals surface area (Å²) in [6.07, 6.45) is 1.66. The molecular formula is C5H11N3. The Balaban J connectivity index is 3.25. The zero-order chi connectivity index (χ0) is 6.41. The lowest BCUT2D eigenvalue weighted by Crippen LogP contribution is -2.16. The maximum absolute atomic E-state index is 3.71. The van der Waals surface area contributed by atoms with Crippen LogP contribution in [0.2, 0.25) is 0 Å². The van der Waals surface area contributed by atoms with Gasteiger partial charge in [-0.15, -0.1) is 0 Å². The van der Waals surface area contributed by atoms with Crippen molar-refractivity contribution in [2.75, 3.05) is 7.05 Å². The highest BCUT2D eigenvalue weighted by atomic mass is 15.3. The van der Waals surface area contributed by atoms with E-state index in [0.717, 1.165) is 0 Å². The third-order valence-electron chi connectivity index (χ3n) is 0.630. The van der Waals surface area contributed by atoms with Crippen LogP contribution in [0.4, 0.5) is 0 Å². The summed E-state index contributed by atoms with van der Waals surface area (Å²) in [5.74, 6) is 0.697. The van der Waals surface area contributed by atoms with Crippen LogP contribution in [0.5, 0.6) is 0 Å². The maximum Gasteiger partial charge on any atom is 0.112 e. The van der Waals surface area contributed by atoms with Crippen LogP contribution in [0.1, 0.15) is 6.92 Å². The molecule has 0 aliphatic rings. The maximum atomic E-state index is 3.71. The Morgan fingerprint density at radius 2 is 2.38 bits per heavy atom. The molecule has 0 aliphatic heterocycles. The van der Waals surface area contributed by atoms with Crippen molar-refractivity contribution in [2.45, 2.75) is 6.92 Å². The van der Waals surface area contributed by atoms with Gasteiger partial charge in [-0.1, -0.05) is 6.58 Å². The standard InChI is InChI=1S/C5H11N3/c1-4-7-8-5(2)6-3/h4,6,8H,2H2,1,3H3/b7-4+. The highest BCUT2D eigenvalue weighted by Gasteiger charge is 1.76. The van der Waals surface area contributed by atoms with Gasteiger partial charge < -0.3 is 5.32 Å². The molecule has 0 fully saturated rings. The molecule has 0 amide bonds. The molecule has 0 aromatic heterocycles. The fourth-order valence-electron chi connectivity index (χ4n) is 0.198. The number of nitrogens with zero attached hydrogens (tertiary/aromatic N) is 1. The Labute approximate surface area is 49.5 Å². The Morgan fingerprint density at radius 1 is 1.75 bits per heavy atom. The molecule has 0 unspecified atom stereocenters. The summed E-state index contributed by atoms with van der Waals surface area (Å²) >= 11 is 0. The lowest BCUT2D eigenvalue weighted by molar-refractivity contribution is 0.791. The van der Waals surface area contributed by atoms with Crippen molar-refractivity contribution in [3.63, 3.8) is 0 Å². The van der Waals surface area contributed by atoms with E-state index in [-0.39, 0.29) is 0 Å². The van der Waals surface area contributed by atoms with Gasteiger partial charge >= 0.3 is 0 Å². The summed E-state index contributed by atoms with van der Waals surface area (Å²) in [6, 6.07) is 0. The van der Waals surface area contributed by atoms with Gasteiger partial charge in [0.2, 0.25) is 0 Å². The molecule has 0 saturated carbocycles. The second-order valence-corrected chi connectivity index (χ2v) is 1.23. The molecule has 0 saturated heterocycles. The van der Waals surface area contributed by atoms with E-state index in [2.05, 4.69) is 22.4 Å². The van der Waals surface area contributed by atoms with E-state index in [1.807, 2.05) is 6.92 Å². The molecule has 46 valence electrons. The lowest BCUT2D eigenvalue weighted by Gasteiger charge is -1.99. The van der Waals surface area contributed by atoms with Crippen molar-refractivity contribution in [1.29, 1.82) is 0 Å². The molecule has 8 heavy (non-hydrogen) atoms. The number of nitrogens with one attached hydrogen (secondary N) is 2. The molecule has 0 bridgehead atoms. The molecule has 0 spiro atoms.